The molecule has 5 atom stereocenters. The first-order chi connectivity index (χ1) is 29.0. The maximum atomic E-state index is 14.9. The molecule has 15 nitrogen and oxygen atoms in total. The van der Waals surface area contributed by atoms with Crippen LogP contribution < -0.4 is 15.4 Å². The number of carbonyl (C=O) groups excluding carboxylic acids is 4. The van der Waals surface area contributed by atoms with Crippen molar-refractivity contribution in [3.63, 3.8) is 0 Å². The number of allylic oxidation sites excluding steroid dienone is 1. The van der Waals surface area contributed by atoms with E-state index < -0.39 is 75.0 Å². The summed E-state index contributed by atoms with van der Waals surface area (Å²) in [7, 11) is -3.88. The van der Waals surface area contributed by atoms with Gasteiger partial charge in [0.25, 0.3) is 5.91 Å². The van der Waals surface area contributed by atoms with E-state index in [1.807, 2.05) is 23.6 Å². The number of ether oxygens (including phenoxy) is 1. The van der Waals surface area contributed by atoms with Crippen molar-refractivity contribution in [1.82, 2.24) is 24.8 Å². The van der Waals surface area contributed by atoms with Gasteiger partial charge in [-0.05, 0) is 74.0 Å². The Labute approximate surface area is 355 Å². The second-order valence-corrected chi connectivity index (χ2v) is 19.4. The second-order valence-electron chi connectivity index (χ2n) is 16.5. The topological polar surface area (TPSA) is 204 Å². The maximum absolute atomic E-state index is 14.9. The summed E-state index contributed by atoms with van der Waals surface area (Å²) in [4.78, 5) is 73.4. The summed E-state index contributed by atoms with van der Waals surface area (Å²) in [5, 5.41) is 15.5. The average molecular weight is 891 g/mol. The largest absolute Gasteiger partial charge is 0.490 e. The van der Waals surface area contributed by atoms with Crippen LogP contribution in [-0.4, -0.2) is 99.8 Å². The van der Waals surface area contributed by atoms with Gasteiger partial charge in [0.05, 0.1) is 24.0 Å². The van der Waals surface area contributed by atoms with Crippen LogP contribution in [0.2, 0.25) is 0 Å². The van der Waals surface area contributed by atoms with Crippen molar-refractivity contribution >= 4 is 62.4 Å². The molecule has 1 saturated heterocycles. The lowest BCUT2D eigenvalue weighted by Crippen LogP contribution is -2.58. The number of anilines is 1. The third kappa shape index (κ3) is 10.1. The van der Waals surface area contributed by atoms with Crippen LogP contribution in [0.5, 0.6) is 0 Å². The Bertz CT molecular complexity index is 2190. The fraction of sp³-hybridized carbons (Fsp3) is 0.561. The van der Waals surface area contributed by atoms with Gasteiger partial charge in [-0.1, -0.05) is 55.7 Å². The van der Waals surface area contributed by atoms with Gasteiger partial charge in [-0.2, -0.15) is 13.2 Å². The minimum atomic E-state index is -5.08. The quantitative estimate of drug-likeness (QED) is 0.264. The molecule has 4 amide bonds. The van der Waals surface area contributed by atoms with E-state index in [1.165, 1.54) is 22.3 Å². The predicted octanol–water partition coefficient (Wildman–Crippen LogP) is 5.28. The van der Waals surface area contributed by atoms with Gasteiger partial charge < -0.3 is 25.4 Å². The van der Waals surface area contributed by atoms with Crippen LogP contribution in [0.1, 0.15) is 93.0 Å². The number of aromatic nitrogens is 1. The number of rotatable bonds is 7. The fourth-order valence-corrected chi connectivity index (χ4v) is 10.8. The number of benzene rings is 1. The first kappa shape index (κ1) is 44.1. The van der Waals surface area contributed by atoms with Crippen molar-refractivity contribution in [1.29, 1.82) is 0 Å². The summed E-state index contributed by atoms with van der Waals surface area (Å²) in [6.07, 6.45) is 7.88. The van der Waals surface area contributed by atoms with Gasteiger partial charge in [0, 0.05) is 24.3 Å². The number of aryl methyl sites for hydroxylation is 1. The molecule has 0 unspecified atom stereocenters. The lowest BCUT2D eigenvalue weighted by molar-refractivity contribution is -0.192. The zero-order chi connectivity index (χ0) is 43.7. The van der Waals surface area contributed by atoms with Gasteiger partial charge >= 0.3 is 18.2 Å². The normalized spacial score (nSPS) is 27.4. The summed E-state index contributed by atoms with van der Waals surface area (Å²) in [5.41, 5.74) is 2.61. The number of thiazole rings is 1. The number of carboxylic acid groups (broad SMARTS) is 1. The summed E-state index contributed by atoms with van der Waals surface area (Å²) in [6, 6.07) is 4.31. The van der Waals surface area contributed by atoms with Crippen LogP contribution in [0.3, 0.4) is 0 Å². The standard InChI is InChI=1S/C39H48N6O7S2.C2HF3O2/c1-2-27-19-39(27,36(48)43-54(50,51)30-16-17-30)42-34(46)32-18-29-21-45(32)35(47)33(25-11-6-3-7-12-25)41-37-40-28(23-53-37)15-8-4-5-10-24-13-9-14-26-20-44(22-31(24)26)38(49)52-29;3-2(4,5)1(6)7/h2,5,9-10,13-14,23,25,27,29-30,32-33H,1,3-4,6-8,11-12,15-22H2,(H,40,41)(H,42,46)(H,43,48);(H,6,7)/b10-5+;/t27-,29-,32+,33+,39-;/m1./s1. The molecule has 1 aromatic heterocycles. The molecule has 8 rings (SSSR count). The number of alkyl halides is 3. The number of sulfonamides is 1. The van der Waals surface area contributed by atoms with Crippen LogP contribution >= 0.6 is 11.3 Å². The molecule has 330 valence electrons. The lowest BCUT2D eigenvalue weighted by atomic mass is 9.83. The van der Waals surface area contributed by atoms with Crippen LogP contribution in [-0.2, 0) is 53.4 Å². The minimum Gasteiger partial charge on any atom is -0.475 e. The third-order valence-corrected chi connectivity index (χ3v) is 14.8. The number of halogens is 3. The van der Waals surface area contributed by atoms with E-state index >= 15 is 0 Å². The van der Waals surface area contributed by atoms with Gasteiger partial charge in [0.2, 0.25) is 21.8 Å². The molecule has 3 saturated carbocycles. The van der Waals surface area contributed by atoms with Gasteiger partial charge in [0.1, 0.15) is 23.7 Å². The smallest absolute Gasteiger partial charge is 0.475 e. The zero-order valence-corrected chi connectivity index (χ0v) is 35.0. The number of nitrogens with zero attached hydrogens (tertiary/aromatic N) is 3. The van der Waals surface area contributed by atoms with E-state index in [4.69, 9.17) is 19.6 Å². The molecule has 0 spiro atoms. The van der Waals surface area contributed by atoms with E-state index in [1.54, 1.807) is 4.90 Å². The Balaban J connectivity index is 0.000000739. The number of nitrogens with one attached hydrogen (secondary N) is 3. The molecule has 3 aliphatic heterocycles. The number of carboxylic acids is 1. The van der Waals surface area contributed by atoms with Crippen molar-refractivity contribution in [3.05, 3.63) is 64.7 Å². The van der Waals surface area contributed by atoms with Crippen molar-refractivity contribution < 1.29 is 55.4 Å². The number of hydrogen-bond donors (Lipinski definition) is 4. The molecule has 1 aromatic carbocycles. The molecule has 2 aromatic rings. The second kappa shape index (κ2) is 17.8. The Morgan fingerprint density at radius 3 is 2.49 bits per heavy atom. The highest BCUT2D eigenvalue weighted by Gasteiger charge is 2.62. The summed E-state index contributed by atoms with van der Waals surface area (Å²) >= 11 is 1.46. The molecular weight excluding hydrogens is 842 g/mol. The van der Waals surface area contributed by atoms with Gasteiger partial charge in [-0.3, -0.25) is 24.0 Å². The van der Waals surface area contributed by atoms with Crippen LogP contribution in [0, 0.1) is 11.8 Å². The van der Waals surface area contributed by atoms with E-state index in [9.17, 15) is 40.8 Å². The van der Waals surface area contributed by atoms with Gasteiger partial charge in [-0.25, -0.2) is 23.0 Å². The van der Waals surface area contributed by atoms with Crippen molar-refractivity contribution in [2.24, 2.45) is 11.8 Å². The Morgan fingerprint density at radius 2 is 1.82 bits per heavy atom. The molecule has 4 N–H and O–H groups in total. The van der Waals surface area contributed by atoms with Crippen molar-refractivity contribution in [2.45, 2.75) is 125 Å². The summed E-state index contributed by atoms with van der Waals surface area (Å²) < 4.78 is 65.5. The number of fused-ring (bicyclic) bond motifs is 5. The number of hydrogen-bond acceptors (Lipinski definition) is 11. The summed E-state index contributed by atoms with van der Waals surface area (Å²) in [5.74, 6) is -4.94. The van der Waals surface area contributed by atoms with Crippen LogP contribution in [0.25, 0.3) is 6.08 Å². The zero-order valence-electron chi connectivity index (χ0n) is 33.3. The predicted molar refractivity (Wildman–Crippen MR) is 217 cm³/mol. The van der Waals surface area contributed by atoms with E-state index in [2.05, 4.69) is 34.1 Å². The highest BCUT2D eigenvalue weighted by Crippen LogP contribution is 2.46. The minimum absolute atomic E-state index is 0.00235. The Hall–Kier alpha value is -4.98. The maximum Gasteiger partial charge on any atom is 0.490 e. The number of amides is 4. The van der Waals surface area contributed by atoms with Crippen molar-refractivity contribution in [3.8, 4) is 0 Å². The summed E-state index contributed by atoms with van der Waals surface area (Å²) in [6.45, 7) is 4.57. The molecule has 3 aliphatic carbocycles. The number of aliphatic carboxylic acids is 1. The lowest BCUT2D eigenvalue weighted by Gasteiger charge is -2.34. The van der Waals surface area contributed by atoms with E-state index in [0.29, 0.717) is 31.1 Å². The molecule has 61 heavy (non-hydrogen) atoms. The van der Waals surface area contributed by atoms with Crippen LogP contribution in [0.15, 0.2) is 42.3 Å². The Kier molecular flexibility index (Phi) is 12.9. The first-order valence-electron chi connectivity index (χ1n) is 20.5. The Morgan fingerprint density at radius 1 is 1.08 bits per heavy atom. The monoisotopic (exact) mass is 890 g/mol. The van der Waals surface area contributed by atoms with E-state index in [0.717, 1.165) is 73.8 Å². The molecule has 4 fully saturated rings. The highest BCUT2D eigenvalue weighted by molar-refractivity contribution is 7.91. The fourth-order valence-electron chi connectivity index (χ4n) is 8.60. The van der Waals surface area contributed by atoms with E-state index in [-0.39, 0.29) is 31.2 Å². The first-order valence-corrected chi connectivity index (χ1v) is 23.0. The molecule has 0 radical (unpaired) electrons. The van der Waals surface area contributed by atoms with Crippen LogP contribution in [0.4, 0.5) is 23.1 Å². The van der Waals surface area contributed by atoms with Gasteiger partial charge in [0.15, 0.2) is 5.13 Å². The molecular formula is C41H49F3N6O9S2. The molecule has 20 heteroatoms. The third-order valence-electron chi connectivity index (χ3n) is 12.2. The SMILES string of the molecule is C=C[C@@H]1C[C@]1(NC(=O)[C@@H]1C[C@@H]2CN1C(=O)[C@H](C1CCCCC1)Nc1nc(cs1)CCC/C=C/c1cccc3c1CN(C3)C(=O)O2)C(=O)NS(=O)(=O)C1CC1.O=C(O)C(F)(F)F. The highest BCUT2D eigenvalue weighted by atomic mass is 32.2. The molecule has 6 aliphatic rings. The van der Waals surface area contributed by atoms with Crippen molar-refractivity contribution in [2.75, 3.05) is 11.9 Å². The molecule has 6 bridgehead atoms. The molecule has 4 heterocycles. The van der Waals surface area contributed by atoms with Gasteiger partial charge in [-0.15, -0.1) is 17.9 Å². The number of carbonyl (C=O) groups is 5. The average Bonchev–Trinajstić information content (AvgIpc) is 4.04.